The SMILES string of the molecule is CNc1ccc(Br)cc1.Cl. The summed E-state index contributed by atoms with van der Waals surface area (Å²) in [5.74, 6) is 0. The van der Waals surface area contributed by atoms with Gasteiger partial charge in [-0.05, 0) is 24.3 Å². The van der Waals surface area contributed by atoms with Crippen molar-refractivity contribution in [2.45, 2.75) is 0 Å². The lowest BCUT2D eigenvalue weighted by molar-refractivity contribution is 1.50. The van der Waals surface area contributed by atoms with Gasteiger partial charge < -0.3 is 5.32 Å². The monoisotopic (exact) mass is 221 g/mol. The van der Waals surface area contributed by atoms with E-state index in [1.165, 1.54) is 0 Å². The van der Waals surface area contributed by atoms with Crippen molar-refractivity contribution in [3.63, 3.8) is 0 Å². The maximum atomic E-state index is 3.35. The summed E-state index contributed by atoms with van der Waals surface area (Å²) in [6.45, 7) is 0. The van der Waals surface area contributed by atoms with Gasteiger partial charge in [0.05, 0.1) is 0 Å². The zero-order chi connectivity index (χ0) is 6.69. The molecule has 0 saturated heterocycles. The summed E-state index contributed by atoms with van der Waals surface area (Å²) < 4.78 is 1.11. The first-order valence-electron chi connectivity index (χ1n) is 2.76. The van der Waals surface area contributed by atoms with E-state index in [0.29, 0.717) is 0 Å². The molecule has 0 aliphatic heterocycles. The van der Waals surface area contributed by atoms with Crippen molar-refractivity contribution < 1.29 is 0 Å². The maximum Gasteiger partial charge on any atom is 0.0338 e. The predicted octanol–water partition coefficient (Wildman–Crippen LogP) is 2.91. The van der Waals surface area contributed by atoms with Gasteiger partial charge in [-0.25, -0.2) is 0 Å². The van der Waals surface area contributed by atoms with Crippen LogP contribution in [0.2, 0.25) is 0 Å². The van der Waals surface area contributed by atoms with Gasteiger partial charge in [-0.1, -0.05) is 15.9 Å². The summed E-state index contributed by atoms with van der Waals surface area (Å²) >= 11 is 3.35. The third-order valence-electron chi connectivity index (χ3n) is 1.13. The predicted molar refractivity (Wildman–Crippen MR) is 50.9 cm³/mol. The summed E-state index contributed by atoms with van der Waals surface area (Å²) in [5.41, 5.74) is 1.14. The number of hydrogen-bond acceptors (Lipinski definition) is 1. The van der Waals surface area contributed by atoms with Crippen molar-refractivity contribution >= 4 is 34.0 Å². The lowest BCUT2D eigenvalue weighted by Crippen LogP contribution is -1.85. The van der Waals surface area contributed by atoms with E-state index in [-0.39, 0.29) is 12.4 Å². The van der Waals surface area contributed by atoms with Gasteiger partial charge in [0.1, 0.15) is 0 Å². The Bertz CT molecular complexity index is 185. The van der Waals surface area contributed by atoms with Crippen LogP contribution in [0.15, 0.2) is 28.7 Å². The van der Waals surface area contributed by atoms with Gasteiger partial charge in [0.25, 0.3) is 0 Å². The van der Waals surface area contributed by atoms with Crippen LogP contribution in [0.3, 0.4) is 0 Å². The fraction of sp³-hybridized carbons (Fsp3) is 0.143. The van der Waals surface area contributed by atoms with E-state index < -0.39 is 0 Å². The molecule has 0 spiro atoms. The first kappa shape index (κ1) is 9.79. The minimum atomic E-state index is 0. The molecule has 0 amide bonds. The average Bonchev–Trinajstić information content (AvgIpc) is 1.90. The lowest BCUT2D eigenvalue weighted by Gasteiger charge is -1.96. The summed E-state index contributed by atoms with van der Waals surface area (Å²) in [6, 6.07) is 8.05. The molecule has 10 heavy (non-hydrogen) atoms. The molecule has 1 aromatic rings. The molecule has 0 bridgehead atoms. The number of anilines is 1. The molecule has 0 atom stereocenters. The zero-order valence-electron chi connectivity index (χ0n) is 5.60. The summed E-state index contributed by atoms with van der Waals surface area (Å²) in [7, 11) is 1.91. The second-order valence-electron chi connectivity index (χ2n) is 1.76. The molecule has 0 aliphatic rings. The van der Waals surface area contributed by atoms with Crippen LogP contribution in [0, 0.1) is 0 Å². The zero-order valence-corrected chi connectivity index (χ0v) is 8.00. The maximum absolute atomic E-state index is 3.35. The van der Waals surface area contributed by atoms with Gasteiger partial charge in [-0.2, -0.15) is 0 Å². The number of rotatable bonds is 1. The Morgan fingerprint density at radius 3 is 2.10 bits per heavy atom. The molecular formula is C7H9BrClN. The van der Waals surface area contributed by atoms with Gasteiger partial charge >= 0.3 is 0 Å². The van der Waals surface area contributed by atoms with Crippen LogP contribution >= 0.6 is 28.3 Å². The Morgan fingerprint density at radius 2 is 1.70 bits per heavy atom. The number of benzene rings is 1. The molecule has 0 radical (unpaired) electrons. The van der Waals surface area contributed by atoms with Crippen LogP contribution in [-0.2, 0) is 0 Å². The second kappa shape index (κ2) is 4.58. The van der Waals surface area contributed by atoms with Crippen LogP contribution in [-0.4, -0.2) is 7.05 Å². The molecule has 0 heterocycles. The summed E-state index contributed by atoms with van der Waals surface area (Å²) in [4.78, 5) is 0. The van der Waals surface area contributed by atoms with Crippen molar-refractivity contribution in [2.75, 3.05) is 12.4 Å². The van der Waals surface area contributed by atoms with E-state index >= 15 is 0 Å². The molecule has 0 fully saturated rings. The Kier molecular flexibility index (Phi) is 4.49. The van der Waals surface area contributed by atoms with Crippen molar-refractivity contribution in [1.82, 2.24) is 0 Å². The fourth-order valence-electron chi connectivity index (χ4n) is 0.617. The summed E-state index contributed by atoms with van der Waals surface area (Å²) in [6.07, 6.45) is 0. The quantitative estimate of drug-likeness (QED) is 0.770. The summed E-state index contributed by atoms with van der Waals surface area (Å²) in [5, 5.41) is 3.03. The number of hydrogen-bond donors (Lipinski definition) is 1. The van der Waals surface area contributed by atoms with E-state index in [9.17, 15) is 0 Å². The van der Waals surface area contributed by atoms with Gasteiger partial charge in [0.15, 0.2) is 0 Å². The third-order valence-corrected chi connectivity index (χ3v) is 1.66. The molecule has 1 aromatic carbocycles. The van der Waals surface area contributed by atoms with Crippen LogP contribution in [0.25, 0.3) is 0 Å². The Balaban J connectivity index is 0.000000810. The highest BCUT2D eigenvalue weighted by atomic mass is 79.9. The largest absolute Gasteiger partial charge is 0.388 e. The minimum Gasteiger partial charge on any atom is -0.388 e. The van der Waals surface area contributed by atoms with Crippen LogP contribution in [0.5, 0.6) is 0 Å². The first-order chi connectivity index (χ1) is 4.33. The highest BCUT2D eigenvalue weighted by Crippen LogP contribution is 2.12. The highest BCUT2D eigenvalue weighted by molar-refractivity contribution is 9.10. The van der Waals surface area contributed by atoms with E-state index in [1.807, 2.05) is 31.3 Å². The second-order valence-corrected chi connectivity index (χ2v) is 2.67. The van der Waals surface area contributed by atoms with Gasteiger partial charge in [-0.3, -0.25) is 0 Å². The molecule has 1 nitrogen and oxygen atoms in total. The van der Waals surface area contributed by atoms with E-state index in [0.717, 1.165) is 10.2 Å². The topological polar surface area (TPSA) is 12.0 Å². The fourth-order valence-corrected chi connectivity index (χ4v) is 0.881. The van der Waals surface area contributed by atoms with E-state index in [1.54, 1.807) is 0 Å². The first-order valence-corrected chi connectivity index (χ1v) is 3.55. The Hall–Kier alpha value is -0.210. The highest BCUT2D eigenvalue weighted by Gasteiger charge is 1.85. The van der Waals surface area contributed by atoms with Gasteiger partial charge in [-0.15, -0.1) is 12.4 Å². The van der Waals surface area contributed by atoms with Crippen molar-refractivity contribution in [3.8, 4) is 0 Å². The van der Waals surface area contributed by atoms with Gasteiger partial charge in [0, 0.05) is 17.2 Å². The minimum absolute atomic E-state index is 0. The van der Waals surface area contributed by atoms with Crippen LogP contribution in [0.4, 0.5) is 5.69 Å². The standard InChI is InChI=1S/C7H8BrN.ClH/c1-9-7-4-2-6(8)3-5-7;/h2-5,9H,1H3;1H. The number of nitrogens with one attached hydrogen (secondary N) is 1. The van der Waals surface area contributed by atoms with Gasteiger partial charge in [0.2, 0.25) is 0 Å². The van der Waals surface area contributed by atoms with Crippen molar-refractivity contribution in [1.29, 1.82) is 0 Å². The average molecular weight is 223 g/mol. The lowest BCUT2D eigenvalue weighted by atomic mass is 10.3. The Labute approximate surface area is 75.4 Å². The molecule has 0 aliphatic carbocycles. The number of halogens is 2. The van der Waals surface area contributed by atoms with Crippen LogP contribution < -0.4 is 5.32 Å². The Morgan fingerprint density at radius 1 is 1.20 bits per heavy atom. The molecule has 1 N–H and O–H groups in total. The van der Waals surface area contributed by atoms with E-state index in [2.05, 4.69) is 21.2 Å². The molecule has 56 valence electrons. The molecule has 1 rings (SSSR count). The van der Waals surface area contributed by atoms with E-state index in [4.69, 9.17) is 0 Å². The molecular weight excluding hydrogens is 213 g/mol. The molecule has 0 saturated carbocycles. The normalized spacial score (nSPS) is 8.20. The molecule has 3 heteroatoms. The third kappa shape index (κ3) is 2.58. The van der Waals surface area contributed by atoms with Crippen molar-refractivity contribution in [3.05, 3.63) is 28.7 Å². The molecule has 0 unspecified atom stereocenters. The van der Waals surface area contributed by atoms with Crippen molar-refractivity contribution in [2.24, 2.45) is 0 Å². The molecule has 0 aromatic heterocycles. The smallest absolute Gasteiger partial charge is 0.0338 e. The van der Waals surface area contributed by atoms with Crippen LogP contribution in [0.1, 0.15) is 0 Å².